The second-order valence-electron chi connectivity index (χ2n) is 5.26. The molecule has 0 saturated carbocycles. The quantitative estimate of drug-likeness (QED) is 0.566. The van der Waals surface area contributed by atoms with Crippen LogP contribution in [0.25, 0.3) is 0 Å². The van der Waals surface area contributed by atoms with E-state index in [2.05, 4.69) is 41.5 Å². The largest absolute Gasteiger partial charge is 0.473 e. The molecule has 15 heavy (non-hydrogen) atoms. The van der Waals surface area contributed by atoms with Gasteiger partial charge in [-0.1, -0.05) is 27.7 Å². The fourth-order valence-electron chi connectivity index (χ4n) is 1.65. The third-order valence-corrected chi connectivity index (χ3v) is 2.00. The molecule has 0 fully saturated rings. The van der Waals surface area contributed by atoms with E-state index in [-0.39, 0.29) is 0 Å². The monoisotopic (exact) mass is 210 g/mol. The van der Waals surface area contributed by atoms with E-state index < -0.39 is 0 Å². The van der Waals surface area contributed by atoms with E-state index in [0.29, 0.717) is 11.8 Å². The Bertz CT molecular complexity index is 197. The summed E-state index contributed by atoms with van der Waals surface area (Å²) >= 11 is 0. The van der Waals surface area contributed by atoms with E-state index >= 15 is 0 Å². The van der Waals surface area contributed by atoms with Gasteiger partial charge in [-0.05, 0) is 49.7 Å². The van der Waals surface area contributed by atoms with Crippen LogP contribution in [-0.4, -0.2) is 0 Å². The first-order valence-corrected chi connectivity index (χ1v) is 5.88. The van der Waals surface area contributed by atoms with Crippen molar-refractivity contribution in [3.05, 3.63) is 23.7 Å². The molecule has 0 aliphatic carbocycles. The van der Waals surface area contributed by atoms with Gasteiger partial charge in [0.15, 0.2) is 0 Å². The van der Waals surface area contributed by atoms with Crippen molar-refractivity contribution in [3.8, 4) is 0 Å². The molecule has 0 aliphatic heterocycles. The second kappa shape index (κ2) is 7.56. The first-order chi connectivity index (χ1) is 6.91. The standard InChI is InChI=1S/C14H26O/c1-11(2)7-13(5)9-15-10-14(6)8-12(3)4/h9-12H,7-8H2,1-6H3. The highest BCUT2D eigenvalue weighted by atomic mass is 16.5. The zero-order chi connectivity index (χ0) is 11.8. The molecule has 0 atom stereocenters. The molecule has 0 unspecified atom stereocenters. The zero-order valence-electron chi connectivity index (χ0n) is 11.1. The lowest BCUT2D eigenvalue weighted by molar-refractivity contribution is 0.385. The highest BCUT2D eigenvalue weighted by Gasteiger charge is 1.97. The van der Waals surface area contributed by atoms with Crippen molar-refractivity contribution in [2.75, 3.05) is 0 Å². The van der Waals surface area contributed by atoms with Crippen LogP contribution in [0.4, 0.5) is 0 Å². The van der Waals surface area contributed by atoms with Gasteiger partial charge in [0.25, 0.3) is 0 Å². The fraction of sp³-hybridized carbons (Fsp3) is 0.714. The molecular weight excluding hydrogens is 184 g/mol. The van der Waals surface area contributed by atoms with Crippen LogP contribution in [0.2, 0.25) is 0 Å². The maximum Gasteiger partial charge on any atom is 0.0890 e. The topological polar surface area (TPSA) is 9.23 Å². The van der Waals surface area contributed by atoms with E-state index in [1.165, 1.54) is 11.1 Å². The van der Waals surface area contributed by atoms with Gasteiger partial charge in [-0.25, -0.2) is 0 Å². The average molecular weight is 210 g/mol. The van der Waals surface area contributed by atoms with Gasteiger partial charge < -0.3 is 4.74 Å². The van der Waals surface area contributed by atoms with Gasteiger partial charge in [-0.2, -0.15) is 0 Å². The third-order valence-electron chi connectivity index (χ3n) is 2.00. The molecule has 1 heteroatoms. The van der Waals surface area contributed by atoms with Gasteiger partial charge >= 0.3 is 0 Å². The molecule has 0 heterocycles. The van der Waals surface area contributed by atoms with Crippen LogP contribution in [-0.2, 0) is 4.74 Å². The Labute approximate surface area is 95.2 Å². The minimum atomic E-state index is 0.700. The maximum absolute atomic E-state index is 5.43. The van der Waals surface area contributed by atoms with Crippen LogP contribution in [0.1, 0.15) is 54.4 Å². The Kier molecular flexibility index (Phi) is 7.19. The summed E-state index contributed by atoms with van der Waals surface area (Å²) in [5, 5.41) is 0. The molecule has 0 rings (SSSR count). The van der Waals surface area contributed by atoms with Crippen molar-refractivity contribution in [1.82, 2.24) is 0 Å². The number of hydrogen-bond acceptors (Lipinski definition) is 1. The predicted octanol–water partition coefficient (Wildman–Crippen LogP) is 4.90. The second-order valence-corrected chi connectivity index (χ2v) is 5.26. The van der Waals surface area contributed by atoms with Gasteiger partial charge in [0.1, 0.15) is 0 Å². The average Bonchev–Trinajstić information content (AvgIpc) is 2.00. The Hall–Kier alpha value is -0.720. The van der Waals surface area contributed by atoms with E-state index in [1.807, 2.05) is 12.5 Å². The number of hydrogen-bond donors (Lipinski definition) is 0. The van der Waals surface area contributed by atoms with Gasteiger partial charge in [0.2, 0.25) is 0 Å². The Morgan fingerprint density at radius 3 is 1.47 bits per heavy atom. The van der Waals surface area contributed by atoms with E-state index in [9.17, 15) is 0 Å². The SMILES string of the molecule is CC(=COC=C(C)CC(C)C)CC(C)C. The molecule has 0 aliphatic rings. The number of allylic oxidation sites excluding steroid dienone is 2. The Morgan fingerprint density at radius 1 is 0.867 bits per heavy atom. The van der Waals surface area contributed by atoms with E-state index in [0.717, 1.165) is 12.8 Å². The van der Waals surface area contributed by atoms with Crippen LogP contribution in [0, 0.1) is 11.8 Å². The van der Waals surface area contributed by atoms with Crippen LogP contribution in [0.15, 0.2) is 23.7 Å². The summed E-state index contributed by atoms with van der Waals surface area (Å²) in [7, 11) is 0. The summed E-state index contributed by atoms with van der Waals surface area (Å²) < 4.78 is 5.43. The van der Waals surface area contributed by atoms with E-state index in [1.54, 1.807) is 0 Å². The normalized spacial score (nSPS) is 13.9. The third kappa shape index (κ3) is 9.58. The summed E-state index contributed by atoms with van der Waals surface area (Å²) in [6.07, 6.45) is 5.95. The van der Waals surface area contributed by atoms with Gasteiger partial charge in [-0.15, -0.1) is 0 Å². The lowest BCUT2D eigenvalue weighted by atomic mass is 10.1. The summed E-state index contributed by atoms with van der Waals surface area (Å²) in [4.78, 5) is 0. The van der Waals surface area contributed by atoms with Gasteiger partial charge in [0.05, 0.1) is 12.5 Å². The van der Waals surface area contributed by atoms with Crippen LogP contribution in [0.3, 0.4) is 0 Å². The molecule has 0 N–H and O–H groups in total. The van der Waals surface area contributed by atoms with Crippen LogP contribution < -0.4 is 0 Å². The Morgan fingerprint density at radius 2 is 1.20 bits per heavy atom. The molecular formula is C14H26O. The molecule has 0 radical (unpaired) electrons. The number of rotatable bonds is 6. The van der Waals surface area contributed by atoms with Gasteiger partial charge in [0, 0.05) is 0 Å². The highest BCUT2D eigenvalue weighted by Crippen LogP contribution is 2.12. The van der Waals surface area contributed by atoms with Crippen molar-refractivity contribution in [3.63, 3.8) is 0 Å². The zero-order valence-corrected chi connectivity index (χ0v) is 11.1. The molecule has 0 amide bonds. The van der Waals surface area contributed by atoms with Gasteiger partial charge in [-0.3, -0.25) is 0 Å². The van der Waals surface area contributed by atoms with Crippen LogP contribution >= 0.6 is 0 Å². The maximum atomic E-state index is 5.43. The predicted molar refractivity (Wildman–Crippen MR) is 67.5 cm³/mol. The molecule has 1 nitrogen and oxygen atoms in total. The van der Waals surface area contributed by atoms with Crippen LogP contribution in [0.5, 0.6) is 0 Å². The molecule has 88 valence electrons. The molecule has 0 aromatic carbocycles. The number of ether oxygens (including phenoxy) is 1. The van der Waals surface area contributed by atoms with Crippen molar-refractivity contribution in [1.29, 1.82) is 0 Å². The van der Waals surface area contributed by atoms with Crippen molar-refractivity contribution in [2.24, 2.45) is 11.8 Å². The minimum Gasteiger partial charge on any atom is -0.473 e. The molecule has 0 aromatic heterocycles. The van der Waals surface area contributed by atoms with Crippen molar-refractivity contribution in [2.45, 2.75) is 54.4 Å². The first kappa shape index (κ1) is 14.3. The molecule has 0 aromatic rings. The lowest BCUT2D eigenvalue weighted by Gasteiger charge is -2.06. The molecule has 0 saturated heterocycles. The van der Waals surface area contributed by atoms with E-state index in [4.69, 9.17) is 4.74 Å². The summed E-state index contributed by atoms with van der Waals surface area (Å²) in [6.45, 7) is 13.1. The summed E-state index contributed by atoms with van der Waals surface area (Å²) in [5.41, 5.74) is 2.61. The Balaban J connectivity index is 3.94. The minimum absolute atomic E-state index is 0.700. The van der Waals surface area contributed by atoms with Crippen molar-refractivity contribution < 1.29 is 4.74 Å². The lowest BCUT2D eigenvalue weighted by Crippen LogP contribution is -1.90. The molecule has 0 spiro atoms. The summed E-state index contributed by atoms with van der Waals surface area (Å²) in [6, 6.07) is 0. The smallest absolute Gasteiger partial charge is 0.0890 e. The summed E-state index contributed by atoms with van der Waals surface area (Å²) in [5.74, 6) is 1.40. The first-order valence-electron chi connectivity index (χ1n) is 5.88. The fourth-order valence-corrected chi connectivity index (χ4v) is 1.65. The van der Waals surface area contributed by atoms with Crippen molar-refractivity contribution >= 4 is 0 Å². The molecule has 0 bridgehead atoms. The highest BCUT2D eigenvalue weighted by molar-refractivity contribution is 4.98.